The minimum atomic E-state index is 0.152. The first kappa shape index (κ1) is 33.6. The number of unbranched alkanes of at least 4 members (excludes halogenated alkanes) is 14. The van der Waals surface area contributed by atoms with Gasteiger partial charge in [0.15, 0.2) is 0 Å². The molecule has 0 saturated carbocycles. The normalized spacial score (nSPS) is 11.1. The summed E-state index contributed by atoms with van der Waals surface area (Å²) in [4.78, 5) is 37.7. The first-order valence-electron chi connectivity index (χ1n) is 14.8. The Bertz CT molecular complexity index is 488. The van der Waals surface area contributed by atoms with E-state index in [-0.39, 0.29) is 5.91 Å². The van der Waals surface area contributed by atoms with Crippen LogP contribution in [0.4, 0.5) is 0 Å². The molecule has 0 atom stereocenters. The third-order valence-corrected chi connectivity index (χ3v) is 6.79. The van der Waals surface area contributed by atoms with Gasteiger partial charge in [0.25, 0.3) is 0 Å². The SMILES string of the molecule is CCCCCCCCCCCCCCN(CCCCCC=O)CCCN(CCNC=O)C(=O)CC. The zero-order valence-corrected chi connectivity index (χ0v) is 23.2. The van der Waals surface area contributed by atoms with Crippen molar-refractivity contribution in [2.45, 2.75) is 129 Å². The van der Waals surface area contributed by atoms with Gasteiger partial charge in [-0.3, -0.25) is 9.59 Å². The molecule has 0 aromatic rings. The average molecular weight is 496 g/mol. The van der Waals surface area contributed by atoms with E-state index in [9.17, 15) is 14.4 Å². The van der Waals surface area contributed by atoms with E-state index in [1.807, 2.05) is 11.8 Å². The number of carbonyl (C=O) groups is 3. The van der Waals surface area contributed by atoms with Gasteiger partial charge in [-0.2, -0.15) is 0 Å². The Hall–Kier alpha value is -1.43. The van der Waals surface area contributed by atoms with E-state index in [0.717, 1.165) is 58.1 Å². The molecule has 1 N–H and O–H groups in total. The Morgan fingerprint density at radius 3 is 1.66 bits per heavy atom. The predicted molar refractivity (Wildman–Crippen MR) is 148 cm³/mol. The summed E-state index contributed by atoms with van der Waals surface area (Å²) in [5, 5.41) is 2.66. The van der Waals surface area contributed by atoms with Crippen molar-refractivity contribution >= 4 is 18.6 Å². The van der Waals surface area contributed by atoms with Crippen molar-refractivity contribution in [1.29, 1.82) is 0 Å². The molecule has 206 valence electrons. The first-order valence-corrected chi connectivity index (χ1v) is 14.8. The zero-order chi connectivity index (χ0) is 25.8. The molecule has 0 fully saturated rings. The molecule has 0 bridgehead atoms. The van der Waals surface area contributed by atoms with Gasteiger partial charge >= 0.3 is 0 Å². The number of hydrogen-bond donors (Lipinski definition) is 1. The molecule has 0 aromatic carbocycles. The van der Waals surface area contributed by atoms with Crippen LogP contribution in [0.5, 0.6) is 0 Å². The second kappa shape index (κ2) is 27.2. The van der Waals surface area contributed by atoms with Crippen LogP contribution in [0.25, 0.3) is 0 Å². The first-order chi connectivity index (χ1) is 17.2. The van der Waals surface area contributed by atoms with Crippen molar-refractivity contribution in [1.82, 2.24) is 15.1 Å². The highest BCUT2D eigenvalue weighted by Gasteiger charge is 2.12. The molecule has 0 rings (SSSR count). The van der Waals surface area contributed by atoms with Gasteiger partial charge in [-0.15, -0.1) is 0 Å². The molecule has 6 heteroatoms. The molecule has 0 saturated heterocycles. The molecular formula is C29H57N3O3. The number of amides is 2. The topological polar surface area (TPSA) is 69.7 Å². The minimum absolute atomic E-state index is 0.152. The van der Waals surface area contributed by atoms with E-state index in [1.54, 1.807) is 0 Å². The van der Waals surface area contributed by atoms with Gasteiger partial charge in [-0.25, -0.2) is 0 Å². The number of carbonyl (C=O) groups excluding carboxylic acids is 3. The Labute approximate surface area is 217 Å². The lowest BCUT2D eigenvalue weighted by atomic mass is 10.1. The summed E-state index contributed by atoms with van der Waals surface area (Å²) >= 11 is 0. The van der Waals surface area contributed by atoms with Crippen molar-refractivity contribution in [2.24, 2.45) is 0 Å². The monoisotopic (exact) mass is 495 g/mol. The number of hydrogen-bond acceptors (Lipinski definition) is 4. The molecule has 0 heterocycles. The van der Waals surface area contributed by atoms with Gasteiger partial charge in [-0.05, 0) is 45.3 Å². The summed E-state index contributed by atoms with van der Waals surface area (Å²) in [6.07, 6.45) is 23.4. The van der Waals surface area contributed by atoms with Crippen LogP contribution in [0.3, 0.4) is 0 Å². The van der Waals surface area contributed by atoms with Crippen LogP contribution in [0, 0.1) is 0 Å². The largest absolute Gasteiger partial charge is 0.357 e. The lowest BCUT2D eigenvalue weighted by molar-refractivity contribution is -0.131. The summed E-state index contributed by atoms with van der Waals surface area (Å²) < 4.78 is 0. The Morgan fingerprint density at radius 1 is 0.629 bits per heavy atom. The molecule has 0 spiro atoms. The van der Waals surface area contributed by atoms with E-state index in [4.69, 9.17) is 0 Å². The highest BCUT2D eigenvalue weighted by molar-refractivity contribution is 5.75. The summed E-state index contributed by atoms with van der Waals surface area (Å²) in [7, 11) is 0. The smallest absolute Gasteiger partial charge is 0.222 e. The third-order valence-electron chi connectivity index (χ3n) is 6.79. The fraction of sp³-hybridized carbons (Fsp3) is 0.897. The molecule has 0 aliphatic heterocycles. The van der Waals surface area contributed by atoms with Gasteiger partial charge in [-0.1, -0.05) is 90.9 Å². The van der Waals surface area contributed by atoms with Crippen LogP contribution in [0.1, 0.15) is 129 Å². The van der Waals surface area contributed by atoms with Crippen molar-refractivity contribution in [3.05, 3.63) is 0 Å². The van der Waals surface area contributed by atoms with Crippen molar-refractivity contribution in [3.8, 4) is 0 Å². The summed E-state index contributed by atoms with van der Waals surface area (Å²) in [5.41, 5.74) is 0. The molecule has 0 unspecified atom stereocenters. The molecule has 0 radical (unpaired) electrons. The van der Waals surface area contributed by atoms with Gasteiger partial charge in [0.05, 0.1) is 0 Å². The number of aldehydes is 1. The maximum Gasteiger partial charge on any atom is 0.222 e. The van der Waals surface area contributed by atoms with Crippen molar-refractivity contribution in [3.63, 3.8) is 0 Å². The number of nitrogens with one attached hydrogen (secondary N) is 1. The van der Waals surface area contributed by atoms with Crippen LogP contribution < -0.4 is 5.32 Å². The molecule has 2 amide bonds. The third kappa shape index (κ3) is 22.8. The summed E-state index contributed by atoms with van der Waals surface area (Å²) in [6.45, 7) is 9.20. The molecule has 35 heavy (non-hydrogen) atoms. The minimum Gasteiger partial charge on any atom is -0.357 e. The summed E-state index contributed by atoms with van der Waals surface area (Å²) in [6, 6.07) is 0. The maximum absolute atomic E-state index is 12.2. The highest BCUT2D eigenvalue weighted by atomic mass is 16.2. The van der Waals surface area contributed by atoms with Gasteiger partial charge in [0.2, 0.25) is 12.3 Å². The molecule has 0 aliphatic rings. The van der Waals surface area contributed by atoms with Crippen LogP contribution >= 0.6 is 0 Å². The molecule has 0 aromatic heterocycles. The Balaban J connectivity index is 4.15. The van der Waals surface area contributed by atoms with Crippen LogP contribution in [0.2, 0.25) is 0 Å². The van der Waals surface area contributed by atoms with E-state index >= 15 is 0 Å². The maximum atomic E-state index is 12.2. The van der Waals surface area contributed by atoms with Crippen LogP contribution in [-0.4, -0.2) is 67.7 Å². The van der Waals surface area contributed by atoms with E-state index in [1.165, 1.54) is 77.0 Å². The number of rotatable bonds is 28. The zero-order valence-electron chi connectivity index (χ0n) is 23.2. The standard InChI is InChI=1S/C29H57N3O3/c1-3-5-6-7-8-9-10-11-12-13-14-17-22-31(23-18-15-16-19-27-33)24-20-25-32(29(35)4-2)26-21-30-28-34/h27-28H,3-26H2,1-2H3,(H,30,34). The predicted octanol–water partition coefficient (Wildman–Crippen LogP) is 6.12. The van der Waals surface area contributed by atoms with Crippen LogP contribution in [-0.2, 0) is 14.4 Å². The second-order valence-electron chi connectivity index (χ2n) is 9.91. The van der Waals surface area contributed by atoms with E-state index in [2.05, 4.69) is 17.1 Å². The quantitative estimate of drug-likeness (QED) is 0.105. The molecular weight excluding hydrogens is 438 g/mol. The van der Waals surface area contributed by atoms with Gasteiger partial charge in [0.1, 0.15) is 6.29 Å². The fourth-order valence-corrected chi connectivity index (χ4v) is 4.58. The van der Waals surface area contributed by atoms with E-state index < -0.39 is 0 Å². The Morgan fingerprint density at radius 2 is 1.14 bits per heavy atom. The number of nitrogens with zero attached hydrogens (tertiary/aromatic N) is 2. The van der Waals surface area contributed by atoms with E-state index in [0.29, 0.717) is 32.3 Å². The lowest BCUT2D eigenvalue weighted by Crippen LogP contribution is -2.38. The lowest BCUT2D eigenvalue weighted by Gasteiger charge is -2.26. The van der Waals surface area contributed by atoms with Gasteiger partial charge in [0, 0.05) is 32.5 Å². The van der Waals surface area contributed by atoms with Gasteiger partial charge < -0.3 is 19.9 Å². The van der Waals surface area contributed by atoms with Crippen molar-refractivity contribution in [2.75, 3.05) is 39.3 Å². The van der Waals surface area contributed by atoms with Crippen LogP contribution in [0.15, 0.2) is 0 Å². The average Bonchev–Trinajstić information content (AvgIpc) is 2.87. The second-order valence-corrected chi connectivity index (χ2v) is 9.91. The molecule has 0 aliphatic carbocycles. The molecule has 6 nitrogen and oxygen atoms in total. The van der Waals surface area contributed by atoms with Crippen molar-refractivity contribution < 1.29 is 14.4 Å². The Kier molecular flexibility index (Phi) is 26.1. The fourth-order valence-electron chi connectivity index (χ4n) is 4.58. The highest BCUT2D eigenvalue weighted by Crippen LogP contribution is 2.12. The summed E-state index contributed by atoms with van der Waals surface area (Å²) in [5.74, 6) is 0.152.